The molecule has 0 aliphatic rings. The van der Waals surface area contributed by atoms with Crippen LogP contribution in [0.1, 0.15) is 29.8 Å². The lowest BCUT2D eigenvalue weighted by atomic mass is 10.2. The van der Waals surface area contributed by atoms with Gasteiger partial charge in [0.2, 0.25) is 5.91 Å². The molecule has 184 valence electrons. The normalized spacial score (nSPS) is 10.8. The molecule has 0 unspecified atom stereocenters. The van der Waals surface area contributed by atoms with Crippen molar-refractivity contribution in [3.63, 3.8) is 0 Å². The number of aryl methyl sites for hydroxylation is 1. The summed E-state index contributed by atoms with van der Waals surface area (Å²) in [5.74, 6) is 0.704. The van der Waals surface area contributed by atoms with Crippen LogP contribution in [0.25, 0.3) is 17.1 Å². The zero-order valence-corrected chi connectivity index (χ0v) is 21.5. The van der Waals surface area contributed by atoms with Crippen LogP contribution in [0.2, 0.25) is 0 Å². The lowest BCUT2D eigenvalue weighted by Gasteiger charge is -2.18. The third-order valence-electron chi connectivity index (χ3n) is 5.76. The van der Waals surface area contributed by atoms with Crippen molar-refractivity contribution in [3.05, 3.63) is 90.0 Å². The fourth-order valence-electron chi connectivity index (χ4n) is 3.78. The summed E-state index contributed by atoms with van der Waals surface area (Å²) in [4.78, 5) is 27.0. The van der Waals surface area contributed by atoms with Crippen molar-refractivity contribution in [1.82, 2.24) is 19.7 Å². The van der Waals surface area contributed by atoms with Gasteiger partial charge >= 0.3 is 0 Å². The number of carbonyl (C=O) groups excluding carboxylic acids is 2. The highest BCUT2D eigenvalue weighted by atomic mass is 32.2. The molecule has 2 amide bonds. The van der Waals surface area contributed by atoms with E-state index in [1.165, 1.54) is 11.8 Å². The largest absolute Gasteiger partial charge is 0.339 e. The first-order valence-corrected chi connectivity index (χ1v) is 12.9. The number of hydrogen-bond acceptors (Lipinski definition) is 5. The summed E-state index contributed by atoms with van der Waals surface area (Å²) in [5.41, 5.74) is 4.28. The van der Waals surface area contributed by atoms with E-state index in [0.717, 1.165) is 22.6 Å². The highest BCUT2D eigenvalue weighted by Gasteiger charge is 2.18. The van der Waals surface area contributed by atoms with Crippen molar-refractivity contribution in [1.29, 1.82) is 0 Å². The fourth-order valence-corrected chi connectivity index (χ4v) is 4.53. The lowest BCUT2D eigenvalue weighted by Crippen LogP contribution is -2.30. The van der Waals surface area contributed by atoms with Gasteiger partial charge in [0.15, 0.2) is 11.0 Å². The average Bonchev–Trinajstić information content (AvgIpc) is 3.33. The molecule has 4 aromatic rings. The molecule has 1 N–H and O–H groups in total. The maximum atomic E-state index is 12.7. The fraction of sp³-hybridized carbons (Fsp3) is 0.214. The van der Waals surface area contributed by atoms with Gasteiger partial charge in [0.05, 0.1) is 5.75 Å². The van der Waals surface area contributed by atoms with E-state index in [0.29, 0.717) is 29.5 Å². The second kappa shape index (κ2) is 11.7. The quantitative estimate of drug-likeness (QED) is 0.310. The molecule has 1 aromatic heterocycles. The Morgan fingerprint density at radius 3 is 2.19 bits per heavy atom. The van der Waals surface area contributed by atoms with Crippen LogP contribution < -0.4 is 5.32 Å². The van der Waals surface area contributed by atoms with Crippen LogP contribution in [-0.4, -0.2) is 50.3 Å². The maximum Gasteiger partial charge on any atom is 0.253 e. The van der Waals surface area contributed by atoms with Crippen molar-refractivity contribution < 1.29 is 9.59 Å². The molecular weight excluding hydrogens is 470 g/mol. The number of benzene rings is 3. The third kappa shape index (κ3) is 5.83. The van der Waals surface area contributed by atoms with Gasteiger partial charge in [-0.15, -0.1) is 10.2 Å². The number of amides is 2. The van der Waals surface area contributed by atoms with Gasteiger partial charge in [0.1, 0.15) is 0 Å². The third-order valence-corrected chi connectivity index (χ3v) is 6.69. The van der Waals surface area contributed by atoms with Crippen molar-refractivity contribution in [2.45, 2.75) is 25.9 Å². The zero-order chi connectivity index (χ0) is 25.5. The molecule has 3 aromatic carbocycles. The van der Waals surface area contributed by atoms with Crippen LogP contribution in [0, 0.1) is 6.92 Å². The highest BCUT2D eigenvalue weighted by molar-refractivity contribution is 7.99. The molecule has 1 heterocycles. The van der Waals surface area contributed by atoms with Crippen molar-refractivity contribution in [2.75, 3.05) is 24.2 Å². The van der Waals surface area contributed by atoms with E-state index in [4.69, 9.17) is 0 Å². The molecule has 7 nitrogen and oxygen atoms in total. The summed E-state index contributed by atoms with van der Waals surface area (Å²) in [6.07, 6.45) is 0. The molecule has 0 aliphatic carbocycles. The van der Waals surface area contributed by atoms with Gasteiger partial charge in [-0.1, -0.05) is 59.8 Å². The molecule has 0 saturated carbocycles. The molecule has 0 aliphatic heterocycles. The molecule has 0 fully saturated rings. The first-order valence-electron chi connectivity index (χ1n) is 11.9. The highest BCUT2D eigenvalue weighted by Crippen LogP contribution is 2.28. The Balaban J connectivity index is 1.47. The number of nitrogens with zero attached hydrogens (tertiary/aromatic N) is 4. The molecule has 0 bridgehead atoms. The van der Waals surface area contributed by atoms with Crippen molar-refractivity contribution in [3.8, 4) is 17.1 Å². The van der Waals surface area contributed by atoms with Crippen LogP contribution in [0.5, 0.6) is 0 Å². The van der Waals surface area contributed by atoms with E-state index in [9.17, 15) is 9.59 Å². The molecule has 0 saturated heterocycles. The number of hydrogen-bond donors (Lipinski definition) is 1. The minimum atomic E-state index is -0.164. The van der Waals surface area contributed by atoms with E-state index < -0.39 is 0 Å². The summed E-state index contributed by atoms with van der Waals surface area (Å²) in [5, 5.41) is 12.3. The van der Waals surface area contributed by atoms with Crippen LogP contribution in [0.3, 0.4) is 0 Å². The second-order valence-electron chi connectivity index (χ2n) is 8.23. The first kappa shape index (κ1) is 25.2. The summed E-state index contributed by atoms with van der Waals surface area (Å²) in [6.45, 7) is 7.26. The van der Waals surface area contributed by atoms with Gasteiger partial charge in [-0.2, -0.15) is 0 Å². The van der Waals surface area contributed by atoms with Gasteiger partial charge in [-0.05, 0) is 57.2 Å². The Kier molecular flexibility index (Phi) is 8.17. The number of anilines is 1. The zero-order valence-electron chi connectivity index (χ0n) is 20.6. The van der Waals surface area contributed by atoms with E-state index in [1.54, 1.807) is 29.2 Å². The van der Waals surface area contributed by atoms with Crippen LogP contribution in [-0.2, 0) is 4.79 Å². The first-order chi connectivity index (χ1) is 17.5. The van der Waals surface area contributed by atoms with Crippen molar-refractivity contribution >= 4 is 29.3 Å². The van der Waals surface area contributed by atoms with Gasteiger partial charge in [-0.3, -0.25) is 14.2 Å². The Hall–Kier alpha value is -3.91. The summed E-state index contributed by atoms with van der Waals surface area (Å²) < 4.78 is 1.97. The van der Waals surface area contributed by atoms with E-state index in [1.807, 2.05) is 79.9 Å². The number of aromatic nitrogens is 3. The number of nitrogens with one attached hydrogen (secondary N) is 1. The molecule has 0 radical (unpaired) electrons. The Morgan fingerprint density at radius 2 is 1.56 bits per heavy atom. The average molecular weight is 500 g/mol. The Bertz CT molecular complexity index is 1310. The SMILES string of the molecule is CCN(CC)C(=O)c1ccc(NC(=O)CSc2nnc(-c3ccccc3)n2-c2ccc(C)cc2)cc1. The van der Waals surface area contributed by atoms with Gasteiger partial charge in [0.25, 0.3) is 5.91 Å². The number of carbonyl (C=O) groups is 2. The molecule has 36 heavy (non-hydrogen) atoms. The smallest absolute Gasteiger partial charge is 0.253 e. The minimum absolute atomic E-state index is 0.0157. The van der Waals surface area contributed by atoms with E-state index >= 15 is 0 Å². The Morgan fingerprint density at radius 1 is 0.889 bits per heavy atom. The molecule has 8 heteroatoms. The van der Waals surface area contributed by atoms with Gasteiger partial charge in [-0.25, -0.2) is 0 Å². The minimum Gasteiger partial charge on any atom is -0.339 e. The number of thioether (sulfide) groups is 1. The molecular formula is C28H29N5O2S. The number of rotatable bonds is 9. The van der Waals surface area contributed by atoms with E-state index in [2.05, 4.69) is 15.5 Å². The lowest BCUT2D eigenvalue weighted by molar-refractivity contribution is -0.113. The second-order valence-corrected chi connectivity index (χ2v) is 9.18. The molecule has 0 atom stereocenters. The summed E-state index contributed by atoms with van der Waals surface area (Å²) in [7, 11) is 0. The monoisotopic (exact) mass is 499 g/mol. The van der Waals surface area contributed by atoms with Crippen LogP contribution in [0.15, 0.2) is 84.0 Å². The Labute approximate surface area is 215 Å². The van der Waals surface area contributed by atoms with Crippen LogP contribution in [0.4, 0.5) is 5.69 Å². The maximum absolute atomic E-state index is 12.7. The topological polar surface area (TPSA) is 80.1 Å². The van der Waals surface area contributed by atoms with Gasteiger partial charge < -0.3 is 10.2 Å². The molecule has 4 rings (SSSR count). The van der Waals surface area contributed by atoms with Gasteiger partial charge in [0, 0.05) is 35.6 Å². The predicted molar refractivity (Wildman–Crippen MR) is 145 cm³/mol. The summed E-state index contributed by atoms with van der Waals surface area (Å²) >= 11 is 1.32. The van der Waals surface area contributed by atoms with Crippen LogP contribution >= 0.6 is 11.8 Å². The van der Waals surface area contributed by atoms with E-state index in [-0.39, 0.29) is 17.6 Å². The molecule has 0 spiro atoms. The predicted octanol–water partition coefficient (Wildman–Crippen LogP) is 5.46. The summed E-state index contributed by atoms with van der Waals surface area (Å²) in [6, 6.07) is 25.0. The standard InChI is InChI=1S/C28H29N5O2S/c1-4-32(5-2)27(35)22-13-15-23(16-14-22)29-25(34)19-36-28-31-30-26(21-9-7-6-8-10-21)33(28)24-17-11-20(3)12-18-24/h6-18H,4-5,19H2,1-3H3,(H,29,34). The van der Waals surface area contributed by atoms with Crippen molar-refractivity contribution in [2.24, 2.45) is 0 Å².